The van der Waals surface area contributed by atoms with Crippen LogP contribution in [0.1, 0.15) is 41.7 Å². The van der Waals surface area contributed by atoms with Gasteiger partial charge in [0, 0.05) is 19.6 Å². The number of carbonyl (C=O) groups is 1. The number of carbonyl (C=O) groups excluding carboxylic acids is 1. The summed E-state index contributed by atoms with van der Waals surface area (Å²) in [5, 5.41) is 3.36. The van der Waals surface area contributed by atoms with Crippen molar-refractivity contribution < 1.29 is 9.53 Å². The van der Waals surface area contributed by atoms with Crippen molar-refractivity contribution in [2.24, 2.45) is 0 Å². The van der Waals surface area contributed by atoms with Crippen molar-refractivity contribution in [1.82, 2.24) is 9.88 Å². The number of benzene rings is 1. The molecule has 0 bridgehead atoms. The van der Waals surface area contributed by atoms with Crippen LogP contribution in [0.25, 0.3) is 0 Å². The van der Waals surface area contributed by atoms with Crippen LogP contribution in [0.3, 0.4) is 0 Å². The Hall–Kier alpha value is -2.56. The van der Waals surface area contributed by atoms with Crippen molar-refractivity contribution in [3.05, 3.63) is 53.9 Å². The molecule has 1 aromatic heterocycles. The van der Waals surface area contributed by atoms with Gasteiger partial charge in [0.1, 0.15) is 11.4 Å². The van der Waals surface area contributed by atoms with Crippen molar-refractivity contribution in [3.63, 3.8) is 0 Å². The van der Waals surface area contributed by atoms with Crippen LogP contribution in [0.15, 0.2) is 42.6 Å². The molecule has 0 atom stereocenters. The highest BCUT2D eigenvalue weighted by Gasteiger charge is 2.18. The first-order valence-corrected chi connectivity index (χ1v) is 9.39. The van der Waals surface area contributed by atoms with Crippen LogP contribution in [0.4, 0.5) is 5.69 Å². The molecule has 1 aliphatic heterocycles. The van der Waals surface area contributed by atoms with Crippen molar-refractivity contribution in [1.29, 1.82) is 0 Å². The molecular formula is C21H27N3O2. The van der Waals surface area contributed by atoms with Crippen molar-refractivity contribution in [2.45, 2.75) is 32.1 Å². The zero-order valence-corrected chi connectivity index (χ0v) is 15.4. The molecule has 0 spiro atoms. The Kier molecular flexibility index (Phi) is 6.47. The van der Waals surface area contributed by atoms with E-state index in [4.69, 9.17) is 4.74 Å². The second-order valence-electron chi connectivity index (χ2n) is 6.63. The molecule has 2 aromatic rings. The summed E-state index contributed by atoms with van der Waals surface area (Å²) in [5.41, 5.74) is 2.62. The normalized spacial score (nSPS) is 14.6. The fourth-order valence-electron chi connectivity index (χ4n) is 3.31. The molecule has 0 radical (unpaired) electrons. The molecule has 0 saturated carbocycles. The first kappa shape index (κ1) is 18.2. The lowest BCUT2D eigenvalue weighted by molar-refractivity contribution is 0.0756. The number of amides is 1. The molecule has 5 heteroatoms. The Labute approximate surface area is 155 Å². The van der Waals surface area contributed by atoms with E-state index in [-0.39, 0.29) is 5.91 Å². The predicted octanol–water partition coefficient (Wildman–Crippen LogP) is 3.76. The number of hydrogen-bond acceptors (Lipinski definition) is 4. The van der Waals surface area contributed by atoms with Gasteiger partial charge < -0.3 is 15.0 Å². The highest BCUT2D eigenvalue weighted by Crippen LogP contribution is 2.18. The number of methoxy groups -OCH3 is 1. The zero-order valence-electron chi connectivity index (χ0n) is 15.4. The topological polar surface area (TPSA) is 54.5 Å². The average Bonchev–Trinajstić information content (AvgIpc) is 2.98. The smallest absolute Gasteiger partial charge is 0.272 e. The number of nitrogens with zero attached hydrogens (tertiary/aromatic N) is 2. The number of ether oxygens (including phenoxy) is 1. The second kappa shape index (κ2) is 9.22. The number of aromatic nitrogens is 1. The number of nitrogens with one attached hydrogen (secondary N) is 1. The molecule has 1 N–H and O–H groups in total. The van der Waals surface area contributed by atoms with Gasteiger partial charge in [-0.2, -0.15) is 0 Å². The van der Waals surface area contributed by atoms with Gasteiger partial charge in [0.15, 0.2) is 0 Å². The van der Waals surface area contributed by atoms with E-state index in [0.717, 1.165) is 50.3 Å². The van der Waals surface area contributed by atoms with Crippen LogP contribution in [-0.2, 0) is 6.42 Å². The molecule has 1 saturated heterocycles. The van der Waals surface area contributed by atoms with Crippen LogP contribution < -0.4 is 10.1 Å². The first-order valence-electron chi connectivity index (χ1n) is 9.39. The summed E-state index contributed by atoms with van der Waals surface area (Å²) in [7, 11) is 1.69. The fraction of sp³-hybridized carbons (Fsp3) is 0.429. The average molecular weight is 353 g/mol. The van der Waals surface area contributed by atoms with Gasteiger partial charge in [-0.15, -0.1) is 0 Å². The summed E-state index contributed by atoms with van der Waals surface area (Å²) < 4.78 is 5.37. The number of anilines is 1. The lowest BCUT2D eigenvalue weighted by Crippen LogP contribution is -2.32. The fourth-order valence-corrected chi connectivity index (χ4v) is 3.31. The second-order valence-corrected chi connectivity index (χ2v) is 6.63. The van der Waals surface area contributed by atoms with E-state index in [1.54, 1.807) is 13.3 Å². The minimum Gasteiger partial charge on any atom is -0.496 e. The summed E-state index contributed by atoms with van der Waals surface area (Å²) >= 11 is 0. The molecule has 1 aromatic carbocycles. The number of rotatable bonds is 6. The summed E-state index contributed by atoms with van der Waals surface area (Å²) in [5.74, 6) is 0.957. The highest BCUT2D eigenvalue weighted by molar-refractivity contribution is 5.92. The van der Waals surface area contributed by atoms with E-state index in [1.165, 1.54) is 18.4 Å². The molecule has 26 heavy (non-hydrogen) atoms. The van der Waals surface area contributed by atoms with E-state index in [0.29, 0.717) is 5.69 Å². The molecule has 1 aliphatic rings. The van der Waals surface area contributed by atoms with Crippen LogP contribution in [-0.4, -0.2) is 42.5 Å². The van der Waals surface area contributed by atoms with Gasteiger partial charge in [0.2, 0.25) is 0 Å². The summed E-state index contributed by atoms with van der Waals surface area (Å²) in [6.07, 6.45) is 7.22. The van der Waals surface area contributed by atoms with Crippen LogP contribution in [0.2, 0.25) is 0 Å². The van der Waals surface area contributed by atoms with Crippen LogP contribution >= 0.6 is 0 Å². The standard InChI is InChI=1S/C21H27N3O2/c1-26-20-9-5-4-8-17(20)12-13-22-18-10-11-19(23-16-18)21(25)24-14-6-2-3-7-15-24/h4-5,8-11,16,22H,2-3,6-7,12-15H2,1H3. The van der Waals surface area contributed by atoms with E-state index in [1.807, 2.05) is 35.2 Å². The van der Waals surface area contributed by atoms with Gasteiger partial charge in [-0.3, -0.25) is 4.79 Å². The van der Waals surface area contributed by atoms with Gasteiger partial charge >= 0.3 is 0 Å². The van der Waals surface area contributed by atoms with Gasteiger partial charge in [-0.1, -0.05) is 31.0 Å². The zero-order chi connectivity index (χ0) is 18.2. The maximum absolute atomic E-state index is 12.6. The number of pyridine rings is 1. The molecule has 0 unspecified atom stereocenters. The minimum absolute atomic E-state index is 0.0486. The third-order valence-corrected chi connectivity index (χ3v) is 4.79. The molecule has 2 heterocycles. The molecule has 1 fully saturated rings. The summed E-state index contributed by atoms with van der Waals surface area (Å²) in [6.45, 7) is 2.47. The molecular weight excluding hydrogens is 326 g/mol. The Balaban J connectivity index is 1.53. The van der Waals surface area contributed by atoms with Gasteiger partial charge in [-0.25, -0.2) is 4.98 Å². The molecule has 1 amide bonds. The summed E-state index contributed by atoms with van der Waals surface area (Å²) in [4.78, 5) is 18.9. The van der Waals surface area contributed by atoms with Gasteiger partial charge in [0.05, 0.1) is 19.0 Å². The predicted molar refractivity (Wildman–Crippen MR) is 104 cm³/mol. The third-order valence-electron chi connectivity index (χ3n) is 4.79. The number of likely N-dealkylation sites (tertiary alicyclic amines) is 1. The molecule has 0 aliphatic carbocycles. The molecule has 5 nitrogen and oxygen atoms in total. The monoisotopic (exact) mass is 353 g/mol. The third kappa shape index (κ3) is 4.75. The SMILES string of the molecule is COc1ccccc1CCNc1ccc(C(=O)N2CCCCCC2)nc1. The largest absolute Gasteiger partial charge is 0.496 e. The molecule has 3 rings (SSSR count). The highest BCUT2D eigenvalue weighted by atomic mass is 16.5. The minimum atomic E-state index is 0.0486. The Morgan fingerprint density at radius 1 is 1.12 bits per heavy atom. The quantitative estimate of drug-likeness (QED) is 0.859. The Morgan fingerprint density at radius 3 is 2.58 bits per heavy atom. The first-order chi connectivity index (χ1) is 12.8. The maximum atomic E-state index is 12.6. The van der Waals surface area contributed by atoms with Crippen LogP contribution in [0, 0.1) is 0 Å². The van der Waals surface area contributed by atoms with Crippen molar-refractivity contribution in [3.8, 4) is 5.75 Å². The number of para-hydroxylation sites is 1. The maximum Gasteiger partial charge on any atom is 0.272 e. The van der Waals surface area contributed by atoms with E-state index in [9.17, 15) is 4.79 Å². The lowest BCUT2D eigenvalue weighted by atomic mass is 10.1. The summed E-state index contributed by atoms with van der Waals surface area (Å²) in [6, 6.07) is 11.8. The van der Waals surface area contributed by atoms with Gasteiger partial charge in [-0.05, 0) is 43.0 Å². The lowest BCUT2D eigenvalue weighted by Gasteiger charge is -2.19. The van der Waals surface area contributed by atoms with E-state index >= 15 is 0 Å². The van der Waals surface area contributed by atoms with Crippen molar-refractivity contribution in [2.75, 3.05) is 32.1 Å². The van der Waals surface area contributed by atoms with Crippen molar-refractivity contribution >= 4 is 11.6 Å². The van der Waals surface area contributed by atoms with E-state index in [2.05, 4.69) is 16.4 Å². The number of hydrogen-bond donors (Lipinski definition) is 1. The Morgan fingerprint density at radius 2 is 1.88 bits per heavy atom. The molecule has 138 valence electrons. The van der Waals surface area contributed by atoms with Crippen LogP contribution in [0.5, 0.6) is 5.75 Å². The van der Waals surface area contributed by atoms with Gasteiger partial charge in [0.25, 0.3) is 5.91 Å². The Bertz CT molecular complexity index is 707. The van der Waals surface area contributed by atoms with E-state index < -0.39 is 0 Å².